The number of aromatic nitrogens is 6. The lowest BCUT2D eigenvalue weighted by Gasteiger charge is -2.09. The number of nitrogens with one attached hydrogen (secondary N) is 4. The van der Waals surface area contributed by atoms with Gasteiger partial charge in [0.25, 0.3) is 0 Å². The molecule has 0 unspecified atom stereocenters. The number of aromatic amines is 2. The van der Waals surface area contributed by atoms with Crippen LogP contribution in [0.25, 0.3) is 55.8 Å². The Bertz CT molecular complexity index is 2140. The Kier molecular flexibility index (Phi) is 7.66. The van der Waals surface area contributed by atoms with Gasteiger partial charge in [-0.05, 0) is 65.1 Å². The number of imidazole rings is 1. The average Bonchev–Trinajstić information content (AvgIpc) is 3.59. The highest BCUT2D eigenvalue weighted by Crippen LogP contribution is 2.33. The quantitative estimate of drug-likeness (QED) is 0.170. The average molecular weight is 613 g/mol. The molecule has 1 amide bonds. The Labute approximate surface area is 252 Å². The lowest BCUT2D eigenvalue weighted by molar-refractivity contribution is -0.116. The first kappa shape index (κ1) is 29.1. The number of nitrogens with zero attached hydrogens (tertiary/aromatic N) is 4. The normalized spacial score (nSPS) is 11.9. The van der Waals surface area contributed by atoms with Crippen molar-refractivity contribution in [1.29, 1.82) is 0 Å². The Morgan fingerprint density at radius 2 is 1.86 bits per heavy atom. The topological polar surface area (TPSA) is 158 Å². The molecule has 0 fully saturated rings. The number of carbonyl (C=O) groups is 1. The van der Waals surface area contributed by atoms with E-state index in [9.17, 15) is 17.6 Å². The van der Waals surface area contributed by atoms with Crippen LogP contribution in [0.4, 0.5) is 10.1 Å². The molecule has 4 heterocycles. The monoisotopic (exact) mass is 612 g/mol. The molecular weight excluding hydrogens is 583 g/mol. The summed E-state index contributed by atoms with van der Waals surface area (Å²) in [6.07, 6.45) is 6.42. The summed E-state index contributed by atoms with van der Waals surface area (Å²) in [4.78, 5) is 29.1. The van der Waals surface area contributed by atoms with E-state index >= 15 is 0 Å². The standard InChI is InChI=1S/C31H29FN8O3S/c1-17(2)8-27(41)36-23-12-21(15-33-16-23)19-4-5-26-25(13-19)29(40-39-26)31-37-28-24(6-7-34-30(28)38-31)20-9-18(10-22(32)11-20)14-35-44(3,42)43/h4-7,9-13,15-17,35H,8,14H2,1-3H3,(H,36,41)(H,39,40)(H,34,37,38). The fourth-order valence-electron chi connectivity index (χ4n) is 5.00. The van der Waals surface area contributed by atoms with Crippen LogP contribution in [0.3, 0.4) is 0 Å². The van der Waals surface area contributed by atoms with Crippen LogP contribution in [0.5, 0.6) is 0 Å². The van der Waals surface area contributed by atoms with Gasteiger partial charge >= 0.3 is 0 Å². The number of benzene rings is 2. The third-order valence-corrected chi connectivity index (χ3v) is 7.60. The fourth-order valence-corrected chi connectivity index (χ4v) is 5.43. The van der Waals surface area contributed by atoms with E-state index in [2.05, 4.69) is 35.2 Å². The van der Waals surface area contributed by atoms with Gasteiger partial charge < -0.3 is 10.3 Å². The van der Waals surface area contributed by atoms with E-state index in [1.807, 2.05) is 38.1 Å². The summed E-state index contributed by atoms with van der Waals surface area (Å²) in [6.45, 7) is 3.93. The largest absolute Gasteiger partial charge is 0.325 e. The van der Waals surface area contributed by atoms with Gasteiger partial charge in [-0.15, -0.1) is 0 Å². The van der Waals surface area contributed by atoms with E-state index in [0.29, 0.717) is 51.5 Å². The van der Waals surface area contributed by atoms with Crippen molar-refractivity contribution in [3.63, 3.8) is 0 Å². The van der Waals surface area contributed by atoms with Gasteiger partial charge in [0.15, 0.2) is 11.5 Å². The number of sulfonamides is 1. The number of amides is 1. The molecule has 0 aliphatic heterocycles. The van der Waals surface area contributed by atoms with Crippen LogP contribution in [0.1, 0.15) is 25.8 Å². The summed E-state index contributed by atoms with van der Waals surface area (Å²) in [5.41, 5.74) is 6.29. The van der Waals surface area contributed by atoms with Gasteiger partial charge in [-0.25, -0.2) is 27.5 Å². The second-order valence-corrected chi connectivity index (χ2v) is 12.9. The Balaban J connectivity index is 1.36. The third kappa shape index (κ3) is 6.33. The van der Waals surface area contributed by atoms with Gasteiger partial charge in [0.1, 0.15) is 17.0 Å². The number of fused-ring (bicyclic) bond motifs is 2. The minimum Gasteiger partial charge on any atom is -0.325 e. The van der Waals surface area contributed by atoms with Crippen molar-refractivity contribution < 1.29 is 17.6 Å². The molecule has 0 radical (unpaired) electrons. The fraction of sp³-hybridized carbons (Fsp3) is 0.194. The van der Waals surface area contributed by atoms with Gasteiger partial charge in [-0.1, -0.05) is 19.9 Å². The van der Waals surface area contributed by atoms with Crippen molar-refractivity contribution in [2.24, 2.45) is 5.92 Å². The SMILES string of the molecule is CC(C)CC(=O)Nc1cncc(-c2ccc3[nH]nc(-c4nc5c(-c6cc(F)cc(CNS(C)(=O)=O)c6)ccnc5[nH]4)c3c2)c1. The molecule has 6 rings (SSSR count). The van der Waals surface area contributed by atoms with E-state index in [4.69, 9.17) is 4.98 Å². The zero-order valence-electron chi connectivity index (χ0n) is 24.1. The highest BCUT2D eigenvalue weighted by atomic mass is 32.2. The second kappa shape index (κ2) is 11.6. The minimum absolute atomic E-state index is 0.0476. The van der Waals surface area contributed by atoms with Crippen molar-refractivity contribution in [3.8, 4) is 33.8 Å². The molecule has 0 atom stereocenters. The van der Waals surface area contributed by atoms with Crippen molar-refractivity contribution in [1.82, 2.24) is 34.9 Å². The molecule has 0 bridgehead atoms. The zero-order chi connectivity index (χ0) is 31.0. The van der Waals surface area contributed by atoms with E-state index in [0.717, 1.165) is 28.3 Å². The van der Waals surface area contributed by atoms with Gasteiger partial charge in [0.2, 0.25) is 15.9 Å². The number of anilines is 1. The maximum absolute atomic E-state index is 14.6. The smallest absolute Gasteiger partial charge is 0.224 e. The van der Waals surface area contributed by atoms with Gasteiger partial charge in [0, 0.05) is 41.9 Å². The number of hydrogen-bond acceptors (Lipinski definition) is 7. The molecule has 11 nitrogen and oxygen atoms in total. The molecule has 6 aromatic rings. The molecule has 4 N–H and O–H groups in total. The molecule has 0 aliphatic rings. The zero-order valence-corrected chi connectivity index (χ0v) is 25.0. The van der Waals surface area contributed by atoms with Crippen LogP contribution < -0.4 is 10.0 Å². The Morgan fingerprint density at radius 1 is 1.02 bits per heavy atom. The first-order valence-electron chi connectivity index (χ1n) is 13.9. The molecule has 224 valence electrons. The van der Waals surface area contributed by atoms with Crippen molar-refractivity contribution in [3.05, 3.63) is 78.5 Å². The molecule has 4 aromatic heterocycles. The molecule has 0 aliphatic carbocycles. The van der Waals surface area contributed by atoms with Crippen LogP contribution in [0, 0.1) is 11.7 Å². The Morgan fingerprint density at radius 3 is 2.66 bits per heavy atom. The summed E-state index contributed by atoms with van der Waals surface area (Å²) < 4.78 is 40.1. The first-order valence-corrected chi connectivity index (χ1v) is 15.7. The summed E-state index contributed by atoms with van der Waals surface area (Å²) in [5.74, 6) is 0.140. The van der Waals surface area contributed by atoms with Crippen molar-refractivity contribution in [2.75, 3.05) is 11.6 Å². The highest BCUT2D eigenvalue weighted by Gasteiger charge is 2.18. The number of rotatable bonds is 9. The van der Waals surface area contributed by atoms with Crippen molar-refractivity contribution in [2.45, 2.75) is 26.8 Å². The van der Waals surface area contributed by atoms with Crippen LogP contribution in [0.2, 0.25) is 0 Å². The van der Waals surface area contributed by atoms with Crippen LogP contribution in [-0.4, -0.2) is 50.7 Å². The molecule has 2 aromatic carbocycles. The van der Waals surface area contributed by atoms with E-state index in [-0.39, 0.29) is 18.4 Å². The summed E-state index contributed by atoms with van der Waals surface area (Å²) >= 11 is 0. The highest BCUT2D eigenvalue weighted by molar-refractivity contribution is 7.88. The number of carbonyl (C=O) groups excluding carboxylic acids is 1. The summed E-state index contributed by atoms with van der Waals surface area (Å²) in [6, 6.07) is 13.8. The molecule has 0 spiro atoms. The molecule has 0 saturated carbocycles. The predicted octanol–water partition coefficient (Wildman–Crippen LogP) is 5.40. The van der Waals surface area contributed by atoms with Crippen LogP contribution in [0.15, 0.2) is 67.1 Å². The second-order valence-electron chi connectivity index (χ2n) is 11.0. The van der Waals surface area contributed by atoms with E-state index in [1.165, 1.54) is 12.1 Å². The van der Waals surface area contributed by atoms with Gasteiger partial charge in [0.05, 0.1) is 23.7 Å². The van der Waals surface area contributed by atoms with E-state index < -0.39 is 15.8 Å². The van der Waals surface area contributed by atoms with Gasteiger partial charge in [-0.3, -0.25) is 14.9 Å². The van der Waals surface area contributed by atoms with Crippen LogP contribution in [-0.2, 0) is 21.4 Å². The molecule has 13 heteroatoms. The minimum atomic E-state index is -3.45. The van der Waals surface area contributed by atoms with Crippen molar-refractivity contribution >= 4 is 43.7 Å². The maximum atomic E-state index is 14.6. The maximum Gasteiger partial charge on any atom is 0.224 e. The summed E-state index contributed by atoms with van der Waals surface area (Å²) in [7, 11) is -3.45. The predicted molar refractivity (Wildman–Crippen MR) is 167 cm³/mol. The van der Waals surface area contributed by atoms with Crippen LogP contribution >= 0.6 is 0 Å². The third-order valence-electron chi connectivity index (χ3n) is 6.93. The molecule has 0 saturated heterocycles. The Hall–Kier alpha value is -5.01. The number of pyridine rings is 2. The lowest BCUT2D eigenvalue weighted by Crippen LogP contribution is -2.21. The van der Waals surface area contributed by atoms with E-state index in [1.54, 1.807) is 30.7 Å². The van der Waals surface area contributed by atoms with Gasteiger partial charge in [-0.2, -0.15) is 5.10 Å². The number of H-pyrrole nitrogens is 2. The summed E-state index contributed by atoms with van der Waals surface area (Å²) in [5, 5.41) is 11.3. The molecular formula is C31H29FN8O3S. The number of hydrogen-bond donors (Lipinski definition) is 4. The first-order chi connectivity index (χ1) is 21.0. The lowest BCUT2D eigenvalue weighted by atomic mass is 10.0. The number of halogens is 1. The molecule has 44 heavy (non-hydrogen) atoms.